The minimum Gasteiger partial charge on any atom is -0.491 e. The van der Waals surface area contributed by atoms with Crippen molar-refractivity contribution < 1.29 is 18.7 Å². The zero-order valence-electron chi connectivity index (χ0n) is 19.8. The molecule has 0 radical (unpaired) electrons. The molecule has 0 saturated heterocycles. The van der Waals surface area contributed by atoms with Gasteiger partial charge >= 0.3 is 5.97 Å². The van der Waals surface area contributed by atoms with Crippen molar-refractivity contribution >= 4 is 23.7 Å². The Bertz CT molecular complexity index is 1270. The van der Waals surface area contributed by atoms with Gasteiger partial charge in [-0.05, 0) is 50.1 Å². The van der Waals surface area contributed by atoms with E-state index in [4.69, 9.17) is 9.47 Å². The van der Waals surface area contributed by atoms with E-state index in [1.54, 1.807) is 29.8 Å². The monoisotopic (exact) mass is 494 g/mol. The molecule has 1 unspecified atom stereocenters. The van der Waals surface area contributed by atoms with Crippen LogP contribution in [0.4, 0.5) is 10.3 Å². The standard InChI is InChI=1S/C26H27FN4O3S/c1-5-13-33-24(32)22-17(4)28-25-29-26(35-15-19-9-6-7-12-21(19)27)30-31(25)23(22)18-10-8-11-20(14-18)34-16(2)3/h5-12,14,16,23H,1,13,15H2,2-4H3,(H,28,29,30). The summed E-state index contributed by atoms with van der Waals surface area (Å²) < 4.78 is 27.0. The van der Waals surface area contributed by atoms with E-state index in [1.165, 1.54) is 23.9 Å². The number of esters is 1. The van der Waals surface area contributed by atoms with E-state index in [-0.39, 0.29) is 18.5 Å². The summed E-state index contributed by atoms with van der Waals surface area (Å²) in [5.41, 5.74) is 2.39. The van der Waals surface area contributed by atoms with Gasteiger partial charge in [0.15, 0.2) is 0 Å². The van der Waals surface area contributed by atoms with E-state index >= 15 is 0 Å². The highest BCUT2D eigenvalue weighted by atomic mass is 32.2. The molecule has 1 atom stereocenters. The number of benzene rings is 2. The minimum atomic E-state index is -0.588. The van der Waals surface area contributed by atoms with Crippen LogP contribution in [0.5, 0.6) is 5.75 Å². The summed E-state index contributed by atoms with van der Waals surface area (Å²) in [5, 5.41) is 8.30. The molecule has 2 heterocycles. The third kappa shape index (κ3) is 5.57. The van der Waals surface area contributed by atoms with Crippen molar-refractivity contribution in [3.63, 3.8) is 0 Å². The molecule has 1 aliphatic rings. The molecule has 2 aromatic carbocycles. The van der Waals surface area contributed by atoms with Crippen LogP contribution in [-0.2, 0) is 15.3 Å². The van der Waals surface area contributed by atoms with Gasteiger partial charge in [0.05, 0.1) is 11.7 Å². The number of fused-ring (bicyclic) bond motifs is 1. The predicted octanol–water partition coefficient (Wildman–Crippen LogP) is 5.51. The second kappa shape index (κ2) is 10.8. The largest absolute Gasteiger partial charge is 0.491 e. The number of ether oxygens (including phenoxy) is 2. The summed E-state index contributed by atoms with van der Waals surface area (Å²) in [6, 6.07) is 13.6. The van der Waals surface area contributed by atoms with Gasteiger partial charge in [-0.1, -0.05) is 54.7 Å². The molecule has 35 heavy (non-hydrogen) atoms. The minimum absolute atomic E-state index is 0.00380. The van der Waals surface area contributed by atoms with Crippen molar-refractivity contribution in [3.05, 3.63) is 89.4 Å². The van der Waals surface area contributed by atoms with Crippen molar-refractivity contribution in [1.29, 1.82) is 0 Å². The fraction of sp³-hybridized carbons (Fsp3) is 0.269. The van der Waals surface area contributed by atoms with Crippen molar-refractivity contribution in [2.45, 2.75) is 43.8 Å². The van der Waals surface area contributed by atoms with Gasteiger partial charge in [0.2, 0.25) is 11.1 Å². The fourth-order valence-electron chi connectivity index (χ4n) is 3.77. The van der Waals surface area contributed by atoms with Crippen molar-refractivity contribution in [1.82, 2.24) is 14.8 Å². The molecule has 0 bridgehead atoms. The number of rotatable bonds is 9. The summed E-state index contributed by atoms with van der Waals surface area (Å²) in [6.45, 7) is 9.42. The summed E-state index contributed by atoms with van der Waals surface area (Å²) >= 11 is 1.32. The van der Waals surface area contributed by atoms with Crippen molar-refractivity contribution in [2.24, 2.45) is 0 Å². The Balaban J connectivity index is 1.71. The maximum atomic E-state index is 14.1. The molecule has 0 spiro atoms. The molecular weight excluding hydrogens is 467 g/mol. The fourth-order valence-corrected chi connectivity index (χ4v) is 4.58. The number of halogens is 1. The maximum absolute atomic E-state index is 14.1. The molecule has 7 nitrogen and oxygen atoms in total. The van der Waals surface area contributed by atoms with Crippen LogP contribution in [0.1, 0.15) is 37.9 Å². The zero-order chi connectivity index (χ0) is 24.9. The highest BCUT2D eigenvalue weighted by Crippen LogP contribution is 2.38. The number of thioether (sulfide) groups is 1. The Morgan fingerprint density at radius 2 is 2.09 bits per heavy atom. The Hall–Kier alpha value is -3.59. The van der Waals surface area contributed by atoms with Gasteiger partial charge in [-0.15, -0.1) is 5.10 Å². The molecule has 0 fully saturated rings. The van der Waals surface area contributed by atoms with E-state index in [1.807, 2.05) is 38.1 Å². The highest BCUT2D eigenvalue weighted by molar-refractivity contribution is 7.98. The Morgan fingerprint density at radius 1 is 1.29 bits per heavy atom. The van der Waals surface area contributed by atoms with Crippen LogP contribution in [-0.4, -0.2) is 33.4 Å². The van der Waals surface area contributed by atoms with Gasteiger partial charge in [0.25, 0.3) is 0 Å². The van der Waals surface area contributed by atoms with Crippen LogP contribution in [0, 0.1) is 5.82 Å². The van der Waals surface area contributed by atoms with Crippen LogP contribution in [0.2, 0.25) is 0 Å². The summed E-state index contributed by atoms with van der Waals surface area (Å²) in [5.74, 6) is 0.796. The zero-order valence-corrected chi connectivity index (χ0v) is 20.6. The quantitative estimate of drug-likeness (QED) is 0.239. The first kappa shape index (κ1) is 24.5. The SMILES string of the molecule is C=CCOC(=O)C1=C(C)Nc2nc(SCc3ccccc3F)nn2C1c1cccc(OC(C)C)c1. The highest BCUT2D eigenvalue weighted by Gasteiger charge is 2.35. The lowest BCUT2D eigenvalue weighted by molar-refractivity contribution is -0.138. The lowest BCUT2D eigenvalue weighted by atomic mass is 9.95. The molecule has 1 aliphatic heterocycles. The summed E-state index contributed by atoms with van der Waals surface area (Å²) in [7, 11) is 0. The smallest absolute Gasteiger partial charge is 0.338 e. The van der Waals surface area contributed by atoms with Crippen LogP contribution in [0.15, 0.2) is 77.6 Å². The molecule has 3 aromatic rings. The number of carbonyl (C=O) groups is 1. The van der Waals surface area contributed by atoms with Crippen molar-refractivity contribution in [2.75, 3.05) is 11.9 Å². The van der Waals surface area contributed by atoms with Crippen LogP contribution in [0.25, 0.3) is 0 Å². The normalized spacial score (nSPS) is 14.9. The maximum Gasteiger partial charge on any atom is 0.338 e. The number of nitrogens with one attached hydrogen (secondary N) is 1. The van der Waals surface area contributed by atoms with Gasteiger partial charge < -0.3 is 14.8 Å². The van der Waals surface area contributed by atoms with E-state index in [0.29, 0.717) is 39.4 Å². The lowest BCUT2D eigenvalue weighted by Gasteiger charge is -2.28. The van der Waals surface area contributed by atoms with E-state index < -0.39 is 12.0 Å². The molecule has 1 N–H and O–H groups in total. The topological polar surface area (TPSA) is 78.3 Å². The first-order valence-electron chi connectivity index (χ1n) is 11.2. The molecule has 0 saturated carbocycles. The van der Waals surface area contributed by atoms with Gasteiger partial charge in [-0.2, -0.15) is 4.98 Å². The molecule has 0 amide bonds. The van der Waals surface area contributed by atoms with E-state index in [2.05, 4.69) is 22.0 Å². The molecule has 9 heteroatoms. The average molecular weight is 495 g/mol. The van der Waals surface area contributed by atoms with Crippen LogP contribution < -0.4 is 10.1 Å². The van der Waals surface area contributed by atoms with Crippen LogP contribution in [0.3, 0.4) is 0 Å². The Labute approximate surface area is 208 Å². The van der Waals surface area contributed by atoms with Gasteiger partial charge in [-0.25, -0.2) is 13.9 Å². The number of carbonyl (C=O) groups excluding carboxylic acids is 1. The molecular formula is C26H27FN4O3S. The first-order valence-corrected chi connectivity index (χ1v) is 12.2. The third-order valence-corrected chi connectivity index (χ3v) is 6.13. The third-order valence-electron chi connectivity index (χ3n) is 5.25. The van der Waals surface area contributed by atoms with Crippen LogP contribution >= 0.6 is 11.8 Å². The van der Waals surface area contributed by atoms with E-state index in [9.17, 15) is 9.18 Å². The molecule has 0 aliphatic carbocycles. The number of hydrogen-bond acceptors (Lipinski definition) is 7. The molecule has 1 aromatic heterocycles. The van der Waals surface area contributed by atoms with E-state index in [0.717, 1.165) is 5.56 Å². The Kier molecular flexibility index (Phi) is 7.55. The van der Waals surface area contributed by atoms with Gasteiger partial charge in [-0.3, -0.25) is 0 Å². The number of hydrogen-bond donors (Lipinski definition) is 1. The lowest BCUT2D eigenvalue weighted by Crippen LogP contribution is -2.29. The average Bonchev–Trinajstić information content (AvgIpc) is 3.23. The van der Waals surface area contributed by atoms with Gasteiger partial charge in [0.1, 0.15) is 24.2 Å². The number of allylic oxidation sites excluding steroid dienone is 1. The second-order valence-corrected chi connectivity index (χ2v) is 9.18. The second-order valence-electron chi connectivity index (χ2n) is 8.24. The predicted molar refractivity (Wildman–Crippen MR) is 134 cm³/mol. The molecule has 182 valence electrons. The van der Waals surface area contributed by atoms with Crippen molar-refractivity contribution in [3.8, 4) is 5.75 Å². The summed E-state index contributed by atoms with van der Waals surface area (Å²) in [4.78, 5) is 17.7. The van der Waals surface area contributed by atoms with Gasteiger partial charge in [0, 0.05) is 11.4 Å². The summed E-state index contributed by atoms with van der Waals surface area (Å²) in [6.07, 6.45) is 1.52. The number of nitrogens with zero attached hydrogens (tertiary/aromatic N) is 3. The number of aromatic nitrogens is 3. The Morgan fingerprint density at radius 3 is 2.83 bits per heavy atom. The molecule has 4 rings (SSSR count). The first-order chi connectivity index (χ1) is 16.9. The number of anilines is 1.